The van der Waals surface area contributed by atoms with Gasteiger partial charge in [-0.3, -0.25) is 4.79 Å². The van der Waals surface area contributed by atoms with Crippen molar-refractivity contribution in [2.75, 3.05) is 5.32 Å². The number of alkyl halides is 3. The van der Waals surface area contributed by atoms with Gasteiger partial charge in [-0.15, -0.1) is 0 Å². The summed E-state index contributed by atoms with van der Waals surface area (Å²) < 4.78 is 56.1. The number of anilines is 1. The summed E-state index contributed by atoms with van der Waals surface area (Å²) in [4.78, 5) is 13.7. The molecule has 1 atom stereocenters. The molecule has 1 unspecified atom stereocenters. The van der Waals surface area contributed by atoms with Gasteiger partial charge in [-0.1, -0.05) is 62.4 Å². The van der Waals surface area contributed by atoms with E-state index in [9.17, 15) is 22.4 Å². The summed E-state index contributed by atoms with van der Waals surface area (Å²) in [6, 6.07) is 20.4. The van der Waals surface area contributed by atoms with Gasteiger partial charge in [0.25, 0.3) is 0 Å². The van der Waals surface area contributed by atoms with E-state index in [1.807, 2.05) is 44.2 Å². The van der Waals surface area contributed by atoms with Crippen LogP contribution in [0.15, 0.2) is 90.1 Å². The summed E-state index contributed by atoms with van der Waals surface area (Å²) in [5.41, 5.74) is 3.23. The lowest BCUT2D eigenvalue weighted by Gasteiger charge is -2.39. The zero-order valence-corrected chi connectivity index (χ0v) is 21.3. The van der Waals surface area contributed by atoms with Gasteiger partial charge in [-0.2, -0.15) is 18.3 Å². The first-order chi connectivity index (χ1) is 18.5. The van der Waals surface area contributed by atoms with Crippen molar-refractivity contribution in [3.05, 3.63) is 113 Å². The fourth-order valence-corrected chi connectivity index (χ4v) is 5.69. The average molecular weight is 532 g/mol. The Morgan fingerprint density at radius 2 is 1.67 bits per heavy atom. The van der Waals surface area contributed by atoms with Crippen molar-refractivity contribution in [3.8, 4) is 16.9 Å². The molecule has 1 aliphatic heterocycles. The predicted octanol–water partition coefficient (Wildman–Crippen LogP) is 7.90. The maximum absolute atomic E-state index is 14.3. The van der Waals surface area contributed by atoms with E-state index in [4.69, 9.17) is 5.10 Å². The number of rotatable bonds is 3. The van der Waals surface area contributed by atoms with Crippen molar-refractivity contribution >= 4 is 11.6 Å². The molecule has 0 bridgehead atoms. The van der Waals surface area contributed by atoms with Crippen molar-refractivity contribution in [1.29, 1.82) is 0 Å². The van der Waals surface area contributed by atoms with Crippen LogP contribution in [0.1, 0.15) is 49.3 Å². The third-order valence-corrected chi connectivity index (χ3v) is 7.36. The topological polar surface area (TPSA) is 46.9 Å². The van der Waals surface area contributed by atoms with E-state index in [0.29, 0.717) is 52.4 Å². The van der Waals surface area contributed by atoms with Gasteiger partial charge in [0.1, 0.15) is 11.6 Å². The molecule has 0 amide bonds. The van der Waals surface area contributed by atoms with Crippen molar-refractivity contribution in [1.82, 2.24) is 9.78 Å². The van der Waals surface area contributed by atoms with Gasteiger partial charge in [0, 0.05) is 34.7 Å². The largest absolute Gasteiger partial charge is 0.416 e. The van der Waals surface area contributed by atoms with Crippen LogP contribution in [0, 0.1) is 11.2 Å². The fraction of sp³-hybridized carbons (Fsp3) is 0.226. The molecule has 0 spiro atoms. The maximum atomic E-state index is 14.3. The number of carbonyl (C=O) groups is 1. The molecule has 6 rings (SSSR count). The summed E-state index contributed by atoms with van der Waals surface area (Å²) >= 11 is 0. The highest BCUT2D eigenvalue weighted by molar-refractivity contribution is 6.02. The summed E-state index contributed by atoms with van der Waals surface area (Å²) in [5, 5.41) is 8.35. The number of benzene rings is 3. The summed E-state index contributed by atoms with van der Waals surface area (Å²) in [7, 11) is 0. The van der Waals surface area contributed by atoms with Crippen LogP contribution in [0.4, 0.5) is 23.4 Å². The number of carbonyl (C=O) groups excluding carboxylic acids is 1. The van der Waals surface area contributed by atoms with Gasteiger partial charge in [0.05, 0.1) is 16.9 Å². The minimum Gasteiger partial charge on any atom is -0.343 e. The summed E-state index contributed by atoms with van der Waals surface area (Å²) in [6.07, 6.45) is -3.59. The van der Waals surface area contributed by atoms with Gasteiger partial charge >= 0.3 is 6.18 Å². The van der Waals surface area contributed by atoms with Crippen LogP contribution in [0.3, 0.4) is 0 Å². The number of nitrogens with zero attached hydrogens (tertiary/aromatic N) is 2. The molecule has 1 N–H and O–H groups in total. The van der Waals surface area contributed by atoms with Crippen LogP contribution >= 0.6 is 0 Å². The molecule has 198 valence electrons. The number of nitrogens with one attached hydrogen (secondary N) is 1. The number of halogens is 4. The van der Waals surface area contributed by atoms with E-state index in [1.165, 1.54) is 24.3 Å². The van der Waals surface area contributed by atoms with Crippen LogP contribution in [0.5, 0.6) is 0 Å². The van der Waals surface area contributed by atoms with E-state index in [1.54, 1.807) is 16.8 Å². The number of fused-ring (bicyclic) bond motifs is 1. The third-order valence-electron chi connectivity index (χ3n) is 7.36. The Morgan fingerprint density at radius 3 is 2.33 bits per heavy atom. The Morgan fingerprint density at radius 1 is 0.949 bits per heavy atom. The molecule has 1 aromatic heterocycles. The predicted molar refractivity (Wildman–Crippen MR) is 141 cm³/mol. The first kappa shape index (κ1) is 25.1. The van der Waals surface area contributed by atoms with E-state index in [0.717, 1.165) is 17.7 Å². The molecule has 0 radical (unpaired) electrons. The van der Waals surface area contributed by atoms with Gasteiger partial charge in [0.15, 0.2) is 5.78 Å². The first-order valence-electron chi connectivity index (χ1n) is 12.7. The normalized spacial score (nSPS) is 18.4. The van der Waals surface area contributed by atoms with E-state index < -0.39 is 23.5 Å². The van der Waals surface area contributed by atoms with Crippen molar-refractivity contribution < 1.29 is 22.4 Å². The molecule has 0 saturated carbocycles. The zero-order valence-electron chi connectivity index (χ0n) is 21.3. The Labute approximate surface area is 223 Å². The maximum Gasteiger partial charge on any atom is 0.416 e. The van der Waals surface area contributed by atoms with Gasteiger partial charge < -0.3 is 5.32 Å². The van der Waals surface area contributed by atoms with Crippen LogP contribution in [-0.2, 0) is 11.0 Å². The lowest BCUT2D eigenvalue weighted by Crippen LogP contribution is -2.34. The zero-order chi connectivity index (χ0) is 27.5. The van der Waals surface area contributed by atoms with Gasteiger partial charge in [-0.05, 0) is 47.7 Å². The number of allylic oxidation sites excluding steroid dienone is 2. The Bertz CT molecular complexity index is 1620. The molecular formula is C31H25F4N3O. The minimum absolute atomic E-state index is 0.0539. The number of ketones is 1. The summed E-state index contributed by atoms with van der Waals surface area (Å²) in [6.45, 7) is 4.02. The van der Waals surface area contributed by atoms with Gasteiger partial charge in [0.2, 0.25) is 0 Å². The SMILES string of the molecule is CC1(C)CC(=O)C2=C(C1)Nc1c(c(-c3ccccc3)nn1-c1cccc(F)c1)C2c1ccc(C(F)(F)F)cc1. The molecule has 8 heteroatoms. The lowest BCUT2D eigenvalue weighted by atomic mass is 9.69. The number of Topliss-reactive ketones (excluding diaryl/α,β-unsaturated/α-hetero) is 1. The molecular weight excluding hydrogens is 506 g/mol. The molecule has 2 heterocycles. The molecule has 2 aliphatic rings. The Hall–Kier alpha value is -4.20. The highest BCUT2D eigenvalue weighted by Crippen LogP contribution is 2.52. The fourth-order valence-electron chi connectivity index (χ4n) is 5.69. The highest BCUT2D eigenvalue weighted by Gasteiger charge is 2.44. The van der Waals surface area contributed by atoms with E-state index >= 15 is 0 Å². The molecule has 4 nitrogen and oxygen atoms in total. The number of hydrogen-bond donors (Lipinski definition) is 1. The molecule has 0 fully saturated rings. The van der Waals surface area contributed by atoms with Crippen LogP contribution in [0.25, 0.3) is 16.9 Å². The monoisotopic (exact) mass is 531 g/mol. The second-order valence-corrected chi connectivity index (χ2v) is 10.9. The Kier molecular flexibility index (Phi) is 5.75. The Balaban J connectivity index is 1.64. The van der Waals surface area contributed by atoms with Crippen molar-refractivity contribution in [2.45, 2.75) is 38.8 Å². The van der Waals surface area contributed by atoms with Crippen LogP contribution in [-0.4, -0.2) is 15.6 Å². The molecule has 1 aliphatic carbocycles. The first-order valence-corrected chi connectivity index (χ1v) is 12.7. The van der Waals surface area contributed by atoms with Crippen molar-refractivity contribution in [3.63, 3.8) is 0 Å². The summed E-state index contributed by atoms with van der Waals surface area (Å²) in [5.74, 6) is -0.572. The number of hydrogen-bond acceptors (Lipinski definition) is 3. The van der Waals surface area contributed by atoms with Crippen LogP contribution < -0.4 is 5.32 Å². The number of aromatic nitrogens is 2. The van der Waals surface area contributed by atoms with Crippen LogP contribution in [0.2, 0.25) is 0 Å². The standard InChI is InChI=1S/C31H25F4N3O/c1-30(2)16-23-26(24(39)17-30)25(18-11-13-20(14-12-18)31(33,34)35)27-28(19-7-4-3-5-8-19)37-38(29(27)36-23)22-10-6-9-21(32)15-22/h3-15,25,36H,16-17H2,1-2H3. The highest BCUT2D eigenvalue weighted by atomic mass is 19.4. The second-order valence-electron chi connectivity index (χ2n) is 10.9. The minimum atomic E-state index is -4.48. The van der Waals surface area contributed by atoms with Gasteiger partial charge in [-0.25, -0.2) is 9.07 Å². The quantitative estimate of drug-likeness (QED) is 0.274. The van der Waals surface area contributed by atoms with E-state index in [-0.39, 0.29) is 11.2 Å². The van der Waals surface area contributed by atoms with E-state index in [2.05, 4.69) is 5.32 Å². The average Bonchev–Trinajstić information content (AvgIpc) is 3.26. The molecule has 3 aromatic carbocycles. The molecule has 4 aromatic rings. The molecule has 0 saturated heterocycles. The molecule has 39 heavy (non-hydrogen) atoms. The van der Waals surface area contributed by atoms with Crippen molar-refractivity contribution in [2.24, 2.45) is 5.41 Å². The second kappa shape index (κ2) is 8.93. The smallest absolute Gasteiger partial charge is 0.343 e. The third kappa shape index (κ3) is 4.43. The lowest BCUT2D eigenvalue weighted by molar-refractivity contribution is -0.137.